The molecule has 0 bridgehead atoms. The van der Waals surface area contributed by atoms with Crippen LogP contribution in [0.3, 0.4) is 0 Å². The summed E-state index contributed by atoms with van der Waals surface area (Å²) in [6.45, 7) is 0. The van der Waals surface area contributed by atoms with Crippen LogP contribution >= 0.6 is 46.4 Å². The van der Waals surface area contributed by atoms with Crippen LogP contribution in [-0.4, -0.2) is 29.0 Å². The number of methoxy groups -OCH3 is 1. The van der Waals surface area contributed by atoms with Gasteiger partial charge in [0.25, 0.3) is 0 Å². The van der Waals surface area contributed by atoms with Gasteiger partial charge in [0.15, 0.2) is 4.87 Å². The van der Waals surface area contributed by atoms with Crippen LogP contribution in [0, 0.1) is 5.92 Å². The Hall–Kier alpha value is -0.420. The molecule has 2 atom stereocenters. The number of hydrogen-bond acceptors (Lipinski definition) is 3. The average Bonchev–Trinajstić information content (AvgIpc) is 2.26. The van der Waals surface area contributed by atoms with Crippen molar-refractivity contribution in [2.45, 2.75) is 4.87 Å². The van der Waals surface area contributed by atoms with Crippen molar-refractivity contribution in [1.29, 1.82) is 0 Å². The molecule has 0 saturated heterocycles. The lowest BCUT2D eigenvalue weighted by Gasteiger charge is -2.32. The van der Waals surface area contributed by atoms with Crippen LogP contribution in [0.15, 0.2) is 21.2 Å². The number of carboxylic acids is 1. The van der Waals surface area contributed by atoms with Crippen LogP contribution < -0.4 is 0 Å². The third-order valence-corrected chi connectivity index (χ3v) is 4.15. The Kier molecular flexibility index (Phi) is 4.36. The Morgan fingerprint density at radius 2 is 1.94 bits per heavy atom. The van der Waals surface area contributed by atoms with E-state index in [0.717, 1.165) is 13.2 Å². The van der Waals surface area contributed by atoms with E-state index in [0.29, 0.717) is 0 Å². The summed E-state index contributed by atoms with van der Waals surface area (Å²) >= 11 is 23.1. The van der Waals surface area contributed by atoms with Gasteiger partial charge in [0.1, 0.15) is 5.92 Å². The first kappa shape index (κ1) is 14.6. The van der Waals surface area contributed by atoms with Gasteiger partial charge >= 0.3 is 11.9 Å². The normalized spacial score (nSPS) is 28.8. The van der Waals surface area contributed by atoms with Gasteiger partial charge in [0.2, 0.25) is 0 Å². The van der Waals surface area contributed by atoms with E-state index in [-0.39, 0.29) is 15.1 Å². The highest BCUT2D eigenvalue weighted by atomic mass is 35.5. The first-order valence-corrected chi connectivity index (χ1v) is 5.71. The van der Waals surface area contributed by atoms with Crippen LogP contribution in [0.2, 0.25) is 0 Å². The molecule has 0 aromatic rings. The minimum absolute atomic E-state index is 0.0513. The van der Waals surface area contributed by atoms with Gasteiger partial charge < -0.3 is 9.84 Å². The van der Waals surface area contributed by atoms with Gasteiger partial charge in [-0.3, -0.25) is 4.79 Å². The number of carboxylic acid groups (broad SMARTS) is 1. The number of ether oxygens (including phenoxy) is 1. The first-order chi connectivity index (χ1) is 7.76. The Labute approximate surface area is 117 Å². The fourth-order valence-electron chi connectivity index (χ4n) is 1.34. The van der Waals surface area contributed by atoms with Crippen LogP contribution in [0.4, 0.5) is 0 Å². The highest BCUT2D eigenvalue weighted by Crippen LogP contribution is 2.47. The van der Waals surface area contributed by atoms with E-state index >= 15 is 0 Å². The summed E-state index contributed by atoms with van der Waals surface area (Å²) in [6.07, 6.45) is 1.09. The number of carbonyl (C=O) groups is 2. The van der Waals surface area contributed by atoms with Gasteiger partial charge in [-0.15, -0.1) is 0 Å². The molecule has 0 aliphatic heterocycles. The lowest BCUT2D eigenvalue weighted by molar-refractivity contribution is -0.151. The van der Waals surface area contributed by atoms with Gasteiger partial charge in [0.05, 0.1) is 22.2 Å². The quantitative estimate of drug-likeness (QED) is 0.628. The smallest absolute Gasteiger partial charge is 0.331 e. The van der Waals surface area contributed by atoms with E-state index in [2.05, 4.69) is 4.74 Å². The minimum atomic E-state index is -2.20. The van der Waals surface area contributed by atoms with Gasteiger partial charge in [-0.05, 0) is 6.08 Å². The molecule has 4 nitrogen and oxygen atoms in total. The van der Waals surface area contributed by atoms with Gasteiger partial charge in [0, 0.05) is 0 Å². The second kappa shape index (κ2) is 5.06. The largest absolute Gasteiger partial charge is 0.480 e. The predicted octanol–water partition coefficient (Wildman–Crippen LogP) is 2.66. The molecule has 0 aromatic carbocycles. The molecule has 0 heterocycles. The second-order valence-electron chi connectivity index (χ2n) is 3.16. The molecule has 0 amide bonds. The van der Waals surface area contributed by atoms with Crippen molar-refractivity contribution < 1.29 is 19.4 Å². The molecule has 2 unspecified atom stereocenters. The highest BCUT2D eigenvalue weighted by molar-refractivity contribution is 6.51. The molecule has 1 rings (SSSR count). The molecule has 0 fully saturated rings. The lowest BCUT2D eigenvalue weighted by Crippen LogP contribution is -2.47. The van der Waals surface area contributed by atoms with Crippen molar-refractivity contribution in [2.24, 2.45) is 5.92 Å². The van der Waals surface area contributed by atoms with Crippen LogP contribution in [-0.2, 0) is 14.3 Å². The number of halogens is 4. The molecule has 0 spiro atoms. The SMILES string of the molecule is COC(=O)C1C(Cl)=C(Cl)C=C(Cl)C1(Cl)C(=O)O. The van der Waals surface area contributed by atoms with Crippen molar-refractivity contribution in [3.63, 3.8) is 0 Å². The zero-order valence-corrected chi connectivity index (χ0v) is 11.4. The topological polar surface area (TPSA) is 63.6 Å². The van der Waals surface area contributed by atoms with Crippen molar-refractivity contribution in [3.05, 3.63) is 21.2 Å². The van der Waals surface area contributed by atoms with Gasteiger partial charge in [-0.25, -0.2) is 4.79 Å². The molecule has 8 heteroatoms. The summed E-state index contributed by atoms with van der Waals surface area (Å²) in [5.74, 6) is -3.94. The van der Waals surface area contributed by atoms with E-state index in [1.807, 2.05) is 0 Å². The number of aliphatic carboxylic acids is 1. The molecule has 1 aliphatic carbocycles. The Morgan fingerprint density at radius 3 is 2.35 bits per heavy atom. The van der Waals surface area contributed by atoms with Gasteiger partial charge in [-0.2, -0.15) is 0 Å². The average molecular weight is 320 g/mol. The highest BCUT2D eigenvalue weighted by Gasteiger charge is 2.55. The third-order valence-electron chi connectivity index (χ3n) is 2.23. The summed E-state index contributed by atoms with van der Waals surface area (Å²) in [7, 11) is 1.08. The summed E-state index contributed by atoms with van der Waals surface area (Å²) in [5.41, 5.74) is 0. The van der Waals surface area contributed by atoms with Crippen molar-refractivity contribution >= 4 is 58.3 Å². The molecule has 0 aromatic heterocycles. The predicted molar refractivity (Wildman–Crippen MR) is 64.4 cm³/mol. The first-order valence-electron chi connectivity index (χ1n) is 4.19. The van der Waals surface area contributed by atoms with E-state index in [4.69, 9.17) is 51.5 Å². The van der Waals surface area contributed by atoms with Crippen LogP contribution in [0.1, 0.15) is 0 Å². The summed E-state index contributed by atoms with van der Waals surface area (Å²) in [5, 5.41) is 8.52. The second-order valence-corrected chi connectivity index (χ2v) is 4.98. The molecule has 94 valence electrons. The maximum absolute atomic E-state index is 11.6. The van der Waals surface area contributed by atoms with Crippen molar-refractivity contribution in [2.75, 3.05) is 7.11 Å². The summed E-state index contributed by atoms with van der Waals surface area (Å²) in [4.78, 5) is 20.5. The third kappa shape index (κ3) is 2.27. The molecular formula is C9H6Cl4O4. The fourth-order valence-corrected chi connectivity index (χ4v) is 2.53. The van der Waals surface area contributed by atoms with Crippen molar-refractivity contribution in [1.82, 2.24) is 0 Å². The van der Waals surface area contributed by atoms with E-state index < -0.39 is 22.7 Å². The Balaban J connectivity index is 3.44. The van der Waals surface area contributed by atoms with E-state index in [9.17, 15) is 9.59 Å². The Morgan fingerprint density at radius 1 is 1.41 bits per heavy atom. The maximum Gasteiger partial charge on any atom is 0.331 e. The summed E-state index contributed by atoms with van der Waals surface area (Å²) in [6, 6.07) is 0. The van der Waals surface area contributed by atoms with Crippen molar-refractivity contribution in [3.8, 4) is 0 Å². The summed E-state index contributed by atoms with van der Waals surface area (Å²) < 4.78 is 4.45. The molecule has 1 aliphatic rings. The molecule has 0 saturated carbocycles. The number of alkyl halides is 1. The van der Waals surface area contributed by atoms with Gasteiger partial charge in [-0.1, -0.05) is 46.4 Å². The number of hydrogen-bond donors (Lipinski definition) is 1. The number of rotatable bonds is 2. The van der Waals surface area contributed by atoms with E-state index in [1.54, 1.807) is 0 Å². The molecule has 17 heavy (non-hydrogen) atoms. The molecular weight excluding hydrogens is 314 g/mol. The molecule has 0 radical (unpaired) electrons. The standard InChI is InChI=1S/C9H6Cl4O4/c1-17-7(14)5-6(12)3(10)2-4(11)9(5,13)8(15)16/h2,5H,1H3,(H,15,16). The zero-order chi connectivity index (χ0) is 13.4. The maximum atomic E-state index is 11.6. The fraction of sp³-hybridized carbons (Fsp3) is 0.333. The number of esters is 1. The van der Waals surface area contributed by atoms with Crippen LogP contribution in [0.5, 0.6) is 0 Å². The van der Waals surface area contributed by atoms with Crippen LogP contribution in [0.25, 0.3) is 0 Å². The number of allylic oxidation sites excluding steroid dienone is 2. The zero-order valence-electron chi connectivity index (χ0n) is 8.34. The monoisotopic (exact) mass is 318 g/mol. The number of carbonyl (C=O) groups excluding carboxylic acids is 1. The minimum Gasteiger partial charge on any atom is -0.480 e. The molecule has 1 N–H and O–H groups in total. The lowest BCUT2D eigenvalue weighted by atomic mass is 9.86. The van der Waals surface area contributed by atoms with E-state index in [1.165, 1.54) is 0 Å². The Bertz CT molecular complexity index is 442.